The molecule has 0 aliphatic carbocycles. The molecule has 1 saturated heterocycles. The first kappa shape index (κ1) is 17.0. The highest BCUT2D eigenvalue weighted by Gasteiger charge is 2.16. The minimum Gasteiger partial charge on any atom is -0.310 e. The van der Waals surface area contributed by atoms with Crippen molar-refractivity contribution in [2.75, 3.05) is 45.1 Å². The minimum absolute atomic E-state index is 0.0343. The van der Waals surface area contributed by atoms with Gasteiger partial charge in [-0.05, 0) is 19.2 Å². The summed E-state index contributed by atoms with van der Waals surface area (Å²) in [5.74, 6) is 0.521. The van der Waals surface area contributed by atoms with Gasteiger partial charge in [0.1, 0.15) is 5.82 Å². The molecule has 0 radical (unpaired) electrons. The van der Waals surface area contributed by atoms with Crippen LogP contribution in [0.2, 0.25) is 0 Å². The molecule has 1 fully saturated rings. The van der Waals surface area contributed by atoms with Gasteiger partial charge in [0.05, 0.1) is 28.6 Å². The number of nitrogens with one attached hydrogen (secondary N) is 1. The van der Waals surface area contributed by atoms with Crippen molar-refractivity contribution in [3.8, 4) is 10.4 Å². The summed E-state index contributed by atoms with van der Waals surface area (Å²) >= 11 is 1.57. The van der Waals surface area contributed by atoms with Gasteiger partial charge in [0.15, 0.2) is 0 Å². The lowest BCUT2D eigenvalue weighted by molar-refractivity contribution is -0.117. The molecule has 3 aromatic rings. The Balaban J connectivity index is 1.47. The normalized spacial score (nSPS) is 16.0. The molecule has 0 atom stereocenters. The van der Waals surface area contributed by atoms with Crippen LogP contribution in [0.5, 0.6) is 0 Å². The maximum absolute atomic E-state index is 12.3. The second kappa shape index (κ2) is 7.45. The molecule has 4 heterocycles. The van der Waals surface area contributed by atoms with E-state index in [0.29, 0.717) is 12.4 Å². The van der Waals surface area contributed by atoms with Crippen molar-refractivity contribution in [2.45, 2.75) is 0 Å². The van der Waals surface area contributed by atoms with Crippen molar-refractivity contribution in [1.82, 2.24) is 24.8 Å². The highest BCUT2D eigenvalue weighted by molar-refractivity contribution is 7.13. The molecule has 4 rings (SSSR count). The summed E-state index contributed by atoms with van der Waals surface area (Å²) < 4.78 is 0. The van der Waals surface area contributed by atoms with Crippen LogP contribution in [0.25, 0.3) is 21.3 Å². The van der Waals surface area contributed by atoms with Gasteiger partial charge in [-0.25, -0.2) is 4.98 Å². The van der Waals surface area contributed by atoms with Crippen molar-refractivity contribution in [3.05, 3.63) is 36.2 Å². The van der Waals surface area contributed by atoms with Gasteiger partial charge in [0.25, 0.3) is 0 Å². The molecule has 1 amide bonds. The Morgan fingerprint density at radius 1 is 1.15 bits per heavy atom. The first-order chi connectivity index (χ1) is 12.7. The van der Waals surface area contributed by atoms with Crippen LogP contribution in [-0.4, -0.2) is 70.4 Å². The van der Waals surface area contributed by atoms with E-state index in [9.17, 15) is 4.79 Å². The van der Waals surface area contributed by atoms with Crippen LogP contribution in [-0.2, 0) is 4.79 Å². The zero-order chi connectivity index (χ0) is 17.9. The number of fused-ring (bicyclic) bond motifs is 1. The van der Waals surface area contributed by atoms with Gasteiger partial charge in [0, 0.05) is 49.5 Å². The van der Waals surface area contributed by atoms with Crippen molar-refractivity contribution in [1.29, 1.82) is 0 Å². The SMILES string of the molecule is CN1CCN(CC(=O)Nc2cc3cc(-c4cncs4)cnc3cn2)CC1. The summed E-state index contributed by atoms with van der Waals surface area (Å²) in [6, 6.07) is 3.92. The molecule has 0 spiro atoms. The lowest BCUT2D eigenvalue weighted by Gasteiger charge is -2.31. The third-order valence-corrected chi connectivity index (χ3v) is 5.34. The second-order valence-corrected chi connectivity index (χ2v) is 7.37. The first-order valence-electron chi connectivity index (χ1n) is 8.53. The number of piperazine rings is 1. The zero-order valence-corrected chi connectivity index (χ0v) is 15.4. The number of likely N-dealkylation sites (N-methyl/N-ethyl adjacent to an activating group) is 1. The van der Waals surface area contributed by atoms with Crippen LogP contribution in [0.15, 0.2) is 36.2 Å². The maximum Gasteiger partial charge on any atom is 0.239 e. The largest absolute Gasteiger partial charge is 0.310 e. The van der Waals surface area contributed by atoms with Crippen molar-refractivity contribution in [3.63, 3.8) is 0 Å². The van der Waals surface area contributed by atoms with E-state index in [1.54, 1.807) is 23.0 Å². The van der Waals surface area contributed by atoms with Gasteiger partial charge in [0.2, 0.25) is 5.91 Å². The molecular weight excluding hydrogens is 348 g/mol. The van der Waals surface area contributed by atoms with Gasteiger partial charge >= 0.3 is 0 Å². The van der Waals surface area contributed by atoms with Crippen LogP contribution in [0, 0.1) is 0 Å². The highest BCUT2D eigenvalue weighted by Crippen LogP contribution is 2.26. The smallest absolute Gasteiger partial charge is 0.239 e. The Morgan fingerprint density at radius 3 is 2.77 bits per heavy atom. The van der Waals surface area contributed by atoms with E-state index in [-0.39, 0.29) is 5.91 Å². The summed E-state index contributed by atoms with van der Waals surface area (Å²) in [6.45, 7) is 4.21. The minimum atomic E-state index is -0.0343. The second-order valence-electron chi connectivity index (χ2n) is 6.48. The molecule has 26 heavy (non-hydrogen) atoms. The molecule has 0 saturated carbocycles. The molecule has 0 unspecified atom stereocenters. The molecule has 134 valence electrons. The Hall–Kier alpha value is -2.42. The summed E-state index contributed by atoms with van der Waals surface area (Å²) in [5.41, 5.74) is 3.62. The molecule has 7 nitrogen and oxygen atoms in total. The standard InChI is InChI=1S/C18H20N6OS/c1-23-2-4-24(5-3-23)11-18(25)22-17-7-13-6-14(16-10-19-12-26-16)8-20-15(13)9-21-17/h6-10,12H,2-5,11H2,1H3,(H,21,22,25). The van der Waals surface area contributed by atoms with Gasteiger partial charge in [-0.3, -0.25) is 19.7 Å². The van der Waals surface area contributed by atoms with E-state index in [1.165, 1.54) is 0 Å². The fourth-order valence-electron chi connectivity index (χ4n) is 2.98. The summed E-state index contributed by atoms with van der Waals surface area (Å²) in [6.07, 6.45) is 5.34. The van der Waals surface area contributed by atoms with E-state index in [4.69, 9.17) is 0 Å². The molecule has 1 aliphatic rings. The van der Waals surface area contributed by atoms with Gasteiger partial charge in [-0.15, -0.1) is 11.3 Å². The molecule has 0 bridgehead atoms. The number of thiazole rings is 1. The number of aromatic nitrogens is 3. The van der Waals surface area contributed by atoms with Crippen molar-refractivity contribution < 1.29 is 4.79 Å². The third-order valence-electron chi connectivity index (χ3n) is 4.52. The molecule has 1 aliphatic heterocycles. The number of hydrogen-bond acceptors (Lipinski definition) is 7. The van der Waals surface area contributed by atoms with Gasteiger partial charge in [-0.1, -0.05) is 0 Å². The average molecular weight is 368 g/mol. The van der Waals surface area contributed by atoms with Crippen LogP contribution in [0.3, 0.4) is 0 Å². The maximum atomic E-state index is 12.3. The van der Waals surface area contributed by atoms with E-state index in [1.807, 2.05) is 24.5 Å². The number of amides is 1. The Kier molecular flexibility index (Phi) is 4.87. The fraction of sp³-hybridized carbons (Fsp3) is 0.333. The van der Waals surface area contributed by atoms with Crippen LogP contribution in [0.4, 0.5) is 5.82 Å². The summed E-state index contributed by atoms with van der Waals surface area (Å²) in [4.78, 5) is 30.7. The monoisotopic (exact) mass is 368 g/mol. The van der Waals surface area contributed by atoms with Gasteiger partial charge < -0.3 is 10.2 Å². The predicted molar refractivity (Wildman–Crippen MR) is 103 cm³/mol. The molecule has 8 heteroatoms. The van der Waals surface area contributed by atoms with Crippen molar-refractivity contribution in [2.24, 2.45) is 0 Å². The number of rotatable bonds is 4. The Bertz CT molecular complexity index is 905. The van der Waals surface area contributed by atoms with Crippen molar-refractivity contribution >= 4 is 34.0 Å². The predicted octanol–water partition coefficient (Wildman–Crippen LogP) is 1.94. The highest BCUT2D eigenvalue weighted by atomic mass is 32.1. The zero-order valence-electron chi connectivity index (χ0n) is 14.6. The number of pyridine rings is 2. The van der Waals surface area contributed by atoms with Crippen LogP contribution in [0.1, 0.15) is 0 Å². The third kappa shape index (κ3) is 3.87. The van der Waals surface area contributed by atoms with E-state index in [2.05, 4.69) is 37.1 Å². The number of carbonyl (C=O) groups is 1. The molecular formula is C18H20N6OS. The average Bonchev–Trinajstić information content (AvgIpc) is 3.18. The van der Waals surface area contributed by atoms with Crippen LogP contribution >= 0.6 is 11.3 Å². The van der Waals surface area contributed by atoms with Gasteiger partial charge in [-0.2, -0.15) is 0 Å². The summed E-state index contributed by atoms with van der Waals surface area (Å²) in [5, 5.41) is 3.85. The number of nitrogens with zero attached hydrogens (tertiary/aromatic N) is 5. The number of hydrogen-bond donors (Lipinski definition) is 1. The first-order valence-corrected chi connectivity index (χ1v) is 9.41. The topological polar surface area (TPSA) is 74.2 Å². The quantitative estimate of drug-likeness (QED) is 0.759. The lowest BCUT2D eigenvalue weighted by atomic mass is 10.2. The summed E-state index contributed by atoms with van der Waals surface area (Å²) in [7, 11) is 2.10. The molecule has 0 aromatic carbocycles. The molecule has 3 aromatic heterocycles. The molecule has 1 N–H and O–H groups in total. The van der Waals surface area contributed by atoms with E-state index < -0.39 is 0 Å². The number of carbonyl (C=O) groups excluding carboxylic acids is 1. The lowest BCUT2D eigenvalue weighted by Crippen LogP contribution is -2.47. The van der Waals surface area contributed by atoms with Crippen LogP contribution < -0.4 is 5.32 Å². The fourth-order valence-corrected chi connectivity index (χ4v) is 3.59. The van der Waals surface area contributed by atoms with E-state index >= 15 is 0 Å². The Morgan fingerprint density at radius 2 is 2.00 bits per heavy atom. The number of anilines is 1. The Labute approximate surface area is 155 Å². The van der Waals surface area contributed by atoms with E-state index in [0.717, 1.165) is 47.5 Å².